The normalized spacial score (nSPS) is 17.4. The predicted octanol–water partition coefficient (Wildman–Crippen LogP) is 0.00160. The number of likely N-dealkylation sites (tertiary alicyclic amines) is 1. The molecule has 3 N–H and O–H groups in total. The van der Waals surface area contributed by atoms with Gasteiger partial charge in [0.15, 0.2) is 5.13 Å². The molecule has 1 unspecified atom stereocenters. The van der Waals surface area contributed by atoms with Gasteiger partial charge >= 0.3 is 6.03 Å². The number of thiazole rings is 1. The number of carbonyl (C=O) groups excluding carboxylic acids is 3. The lowest BCUT2D eigenvalue weighted by Crippen LogP contribution is -2.48. The molecule has 8 nitrogen and oxygen atoms in total. The number of nitrogens with one attached hydrogen (secondary N) is 3. The van der Waals surface area contributed by atoms with Gasteiger partial charge in [0.25, 0.3) is 0 Å². The summed E-state index contributed by atoms with van der Waals surface area (Å²) in [7, 11) is 1.47. The van der Waals surface area contributed by atoms with E-state index in [4.69, 9.17) is 0 Å². The Balaban J connectivity index is 1.91. The number of urea groups is 1. The summed E-state index contributed by atoms with van der Waals surface area (Å²) in [6.45, 7) is 0.394. The fourth-order valence-electron chi connectivity index (χ4n) is 2.16. The van der Waals surface area contributed by atoms with Crippen LogP contribution in [0.5, 0.6) is 0 Å². The molecule has 1 aromatic rings. The summed E-state index contributed by atoms with van der Waals surface area (Å²) in [6, 6.07) is -0.931. The average molecular weight is 311 g/mol. The van der Waals surface area contributed by atoms with Gasteiger partial charge in [0.05, 0.1) is 6.54 Å². The highest BCUT2D eigenvalue weighted by Gasteiger charge is 2.34. The number of amides is 4. The standard InChI is InChI=1S/C12H17N5O3S/c1-13-11(20)15-7-9(18)17-5-2-3-8(17)10(19)16-12-14-4-6-21-12/h4,6,8H,2-3,5,7H2,1H3,(H2,13,15,20)(H,14,16,19). The third kappa shape index (κ3) is 3.91. The SMILES string of the molecule is CNC(=O)NCC(=O)N1CCCC1C(=O)Nc1nccs1. The molecule has 0 spiro atoms. The summed E-state index contributed by atoms with van der Waals surface area (Å²) in [4.78, 5) is 40.8. The topological polar surface area (TPSA) is 103 Å². The van der Waals surface area contributed by atoms with E-state index in [2.05, 4.69) is 20.9 Å². The summed E-state index contributed by atoms with van der Waals surface area (Å²) in [5.74, 6) is -0.508. The van der Waals surface area contributed by atoms with Crippen LogP contribution in [0.15, 0.2) is 11.6 Å². The monoisotopic (exact) mass is 311 g/mol. The molecule has 9 heteroatoms. The molecule has 0 bridgehead atoms. The largest absolute Gasteiger partial charge is 0.341 e. The van der Waals surface area contributed by atoms with Crippen LogP contribution in [-0.2, 0) is 9.59 Å². The van der Waals surface area contributed by atoms with Gasteiger partial charge in [-0.15, -0.1) is 11.3 Å². The zero-order chi connectivity index (χ0) is 15.2. The van der Waals surface area contributed by atoms with Crippen LogP contribution in [0.25, 0.3) is 0 Å². The number of rotatable bonds is 4. The van der Waals surface area contributed by atoms with Crippen molar-refractivity contribution in [3.63, 3.8) is 0 Å². The molecule has 0 radical (unpaired) electrons. The second-order valence-electron chi connectivity index (χ2n) is 4.50. The lowest BCUT2D eigenvalue weighted by Gasteiger charge is -2.23. The third-order valence-corrected chi connectivity index (χ3v) is 3.85. The lowest BCUT2D eigenvalue weighted by molar-refractivity contribution is -0.135. The van der Waals surface area contributed by atoms with E-state index in [1.165, 1.54) is 23.3 Å². The molecule has 4 amide bonds. The minimum Gasteiger partial charge on any atom is -0.341 e. The Labute approximate surface area is 125 Å². The number of nitrogens with zero attached hydrogens (tertiary/aromatic N) is 2. The molecule has 0 aromatic carbocycles. The van der Waals surface area contributed by atoms with Crippen LogP contribution in [0, 0.1) is 0 Å². The molecule has 1 atom stereocenters. The molecule has 1 aliphatic heterocycles. The highest BCUT2D eigenvalue weighted by Crippen LogP contribution is 2.20. The van der Waals surface area contributed by atoms with Crippen molar-refractivity contribution < 1.29 is 14.4 Å². The fraction of sp³-hybridized carbons (Fsp3) is 0.500. The Morgan fingerprint density at radius 2 is 2.29 bits per heavy atom. The van der Waals surface area contributed by atoms with Crippen molar-refractivity contribution in [3.8, 4) is 0 Å². The van der Waals surface area contributed by atoms with E-state index in [0.717, 1.165) is 6.42 Å². The fourth-order valence-corrected chi connectivity index (χ4v) is 2.69. The van der Waals surface area contributed by atoms with Crippen LogP contribution in [0.1, 0.15) is 12.8 Å². The van der Waals surface area contributed by atoms with Crippen LogP contribution in [0.2, 0.25) is 0 Å². The number of carbonyl (C=O) groups is 3. The average Bonchev–Trinajstić information content (AvgIpc) is 3.14. The second kappa shape index (κ2) is 7.02. The minimum absolute atomic E-state index is 0.124. The molecular weight excluding hydrogens is 294 g/mol. The lowest BCUT2D eigenvalue weighted by atomic mass is 10.2. The van der Waals surface area contributed by atoms with Crippen LogP contribution < -0.4 is 16.0 Å². The molecule has 1 saturated heterocycles. The first-order valence-corrected chi connectivity index (χ1v) is 7.45. The van der Waals surface area contributed by atoms with Gasteiger partial charge in [0.1, 0.15) is 6.04 Å². The number of anilines is 1. The van der Waals surface area contributed by atoms with Gasteiger partial charge in [0, 0.05) is 25.2 Å². The van der Waals surface area contributed by atoms with E-state index in [1.807, 2.05) is 0 Å². The van der Waals surface area contributed by atoms with E-state index in [1.54, 1.807) is 11.6 Å². The summed E-state index contributed by atoms with van der Waals surface area (Å²) < 4.78 is 0. The molecule has 0 aliphatic carbocycles. The van der Waals surface area contributed by atoms with E-state index < -0.39 is 12.1 Å². The van der Waals surface area contributed by atoms with E-state index in [-0.39, 0.29) is 18.4 Å². The molecule has 1 fully saturated rings. The molecule has 114 valence electrons. The quantitative estimate of drug-likeness (QED) is 0.728. The Morgan fingerprint density at radius 3 is 2.95 bits per heavy atom. The molecular formula is C12H17N5O3S. The molecule has 1 aromatic heterocycles. The maximum absolute atomic E-state index is 12.2. The van der Waals surface area contributed by atoms with E-state index >= 15 is 0 Å². The van der Waals surface area contributed by atoms with Crippen molar-refractivity contribution >= 4 is 34.3 Å². The van der Waals surface area contributed by atoms with Gasteiger partial charge in [-0.25, -0.2) is 9.78 Å². The van der Waals surface area contributed by atoms with Gasteiger partial charge in [-0.3, -0.25) is 9.59 Å². The number of hydrogen-bond acceptors (Lipinski definition) is 5. The van der Waals surface area contributed by atoms with Gasteiger partial charge in [-0.2, -0.15) is 0 Å². The zero-order valence-corrected chi connectivity index (χ0v) is 12.4. The molecule has 21 heavy (non-hydrogen) atoms. The smallest absolute Gasteiger partial charge is 0.314 e. The van der Waals surface area contributed by atoms with E-state index in [0.29, 0.717) is 18.1 Å². The highest BCUT2D eigenvalue weighted by molar-refractivity contribution is 7.13. The Kier molecular flexibility index (Phi) is 5.09. The maximum atomic E-state index is 12.2. The van der Waals surface area contributed by atoms with Gasteiger partial charge in [0.2, 0.25) is 11.8 Å². The Hall–Kier alpha value is -2.16. The minimum atomic E-state index is -0.507. The summed E-state index contributed by atoms with van der Waals surface area (Å²) >= 11 is 1.33. The van der Waals surface area contributed by atoms with Crippen LogP contribution >= 0.6 is 11.3 Å². The first-order valence-electron chi connectivity index (χ1n) is 6.57. The molecule has 0 saturated carbocycles. The summed E-state index contributed by atoms with van der Waals surface area (Å²) in [6.07, 6.45) is 2.98. The first-order chi connectivity index (χ1) is 10.1. The number of hydrogen-bond donors (Lipinski definition) is 3. The summed E-state index contributed by atoms with van der Waals surface area (Å²) in [5, 5.41) is 9.78. The maximum Gasteiger partial charge on any atom is 0.314 e. The predicted molar refractivity (Wildman–Crippen MR) is 77.9 cm³/mol. The second-order valence-corrected chi connectivity index (χ2v) is 5.40. The summed E-state index contributed by atoms with van der Waals surface area (Å²) in [5.41, 5.74) is 0. The van der Waals surface area contributed by atoms with Crippen molar-refractivity contribution in [1.82, 2.24) is 20.5 Å². The van der Waals surface area contributed by atoms with Crippen molar-refractivity contribution in [3.05, 3.63) is 11.6 Å². The third-order valence-electron chi connectivity index (χ3n) is 3.17. The van der Waals surface area contributed by atoms with Crippen LogP contribution in [0.4, 0.5) is 9.93 Å². The van der Waals surface area contributed by atoms with Crippen LogP contribution in [0.3, 0.4) is 0 Å². The van der Waals surface area contributed by atoms with Gasteiger partial charge in [-0.05, 0) is 12.8 Å². The van der Waals surface area contributed by atoms with Crippen molar-refractivity contribution in [2.75, 3.05) is 25.5 Å². The van der Waals surface area contributed by atoms with E-state index in [9.17, 15) is 14.4 Å². The van der Waals surface area contributed by atoms with Crippen molar-refractivity contribution in [2.45, 2.75) is 18.9 Å². The van der Waals surface area contributed by atoms with Gasteiger partial charge in [-0.1, -0.05) is 0 Å². The number of aromatic nitrogens is 1. The highest BCUT2D eigenvalue weighted by atomic mass is 32.1. The van der Waals surface area contributed by atoms with Crippen molar-refractivity contribution in [2.24, 2.45) is 0 Å². The van der Waals surface area contributed by atoms with Crippen LogP contribution in [-0.4, -0.2) is 53.9 Å². The zero-order valence-electron chi connectivity index (χ0n) is 11.6. The molecule has 2 rings (SSSR count). The molecule has 1 aliphatic rings. The van der Waals surface area contributed by atoms with Crippen molar-refractivity contribution in [1.29, 1.82) is 0 Å². The first kappa shape index (κ1) is 15.2. The van der Waals surface area contributed by atoms with Gasteiger partial charge < -0.3 is 20.9 Å². The Bertz CT molecular complexity index is 519. The Morgan fingerprint density at radius 1 is 1.48 bits per heavy atom. The molecule has 2 heterocycles.